The number of nitrogens with zero attached hydrogens (tertiary/aromatic N) is 5. The average Bonchev–Trinajstić information content (AvgIpc) is 3.31. The van der Waals surface area contributed by atoms with E-state index in [2.05, 4.69) is 60.9 Å². The van der Waals surface area contributed by atoms with Crippen LogP contribution < -0.4 is 0 Å². The fourth-order valence-corrected chi connectivity index (χ4v) is 4.10. The molecule has 5 heteroatoms. The Morgan fingerprint density at radius 2 is 1.43 bits per heavy atom. The minimum absolute atomic E-state index is 0.503. The van der Waals surface area contributed by atoms with Crippen molar-refractivity contribution in [3.63, 3.8) is 0 Å². The Morgan fingerprint density at radius 3 is 2.13 bits per heavy atom. The maximum absolute atomic E-state index is 4.62. The molecule has 1 aliphatic heterocycles. The smallest absolute Gasteiger partial charge is 0.159 e. The van der Waals surface area contributed by atoms with Crippen LogP contribution in [-0.4, -0.2) is 37.5 Å². The second-order valence-corrected chi connectivity index (χ2v) is 7.86. The first-order valence-electron chi connectivity index (χ1n) is 10.5. The van der Waals surface area contributed by atoms with Gasteiger partial charge in [-0.25, -0.2) is 15.0 Å². The van der Waals surface area contributed by atoms with Gasteiger partial charge >= 0.3 is 0 Å². The van der Waals surface area contributed by atoms with Crippen LogP contribution in [0.25, 0.3) is 22.6 Å². The highest BCUT2D eigenvalue weighted by molar-refractivity contribution is 5.60. The molecule has 0 N–H and O–H groups in total. The summed E-state index contributed by atoms with van der Waals surface area (Å²) in [6, 6.07) is 21.3. The second-order valence-electron chi connectivity index (χ2n) is 7.86. The molecule has 0 amide bonds. The molecule has 150 valence electrons. The summed E-state index contributed by atoms with van der Waals surface area (Å²) in [6.07, 6.45) is 10.1. The molecule has 0 radical (unpaired) electrons. The quantitative estimate of drug-likeness (QED) is 0.485. The van der Waals surface area contributed by atoms with Gasteiger partial charge in [0.05, 0.1) is 12.0 Å². The van der Waals surface area contributed by atoms with Crippen LogP contribution in [0.3, 0.4) is 0 Å². The van der Waals surface area contributed by atoms with Gasteiger partial charge in [-0.05, 0) is 18.4 Å². The first-order valence-corrected chi connectivity index (χ1v) is 10.5. The lowest BCUT2D eigenvalue weighted by atomic mass is 10.0. The number of imidazole rings is 1. The zero-order valence-electron chi connectivity index (χ0n) is 16.9. The molecule has 5 nitrogen and oxygen atoms in total. The number of rotatable bonds is 5. The van der Waals surface area contributed by atoms with Gasteiger partial charge in [0.1, 0.15) is 0 Å². The number of aromatic nitrogens is 4. The molecule has 0 unspecified atom stereocenters. The molecule has 1 aliphatic rings. The van der Waals surface area contributed by atoms with E-state index in [4.69, 9.17) is 0 Å². The maximum atomic E-state index is 4.62. The summed E-state index contributed by atoms with van der Waals surface area (Å²) in [6.45, 7) is 3.26. The summed E-state index contributed by atoms with van der Waals surface area (Å²) in [5, 5.41) is 0. The zero-order chi connectivity index (χ0) is 20.2. The van der Waals surface area contributed by atoms with Gasteiger partial charge in [0.15, 0.2) is 5.82 Å². The highest BCUT2D eigenvalue weighted by atomic mass is 15.2. The Labute approximate surface area is 177 Å². The standard InChI is InChI=1S/C25H25N5/c1-3-7-20(8-4-1)17-29-13-11-23(12-14-29)30-18-24(28-19-30)22-15-26-25(27-16-22)21-9-5-2-6-10-21/h1-10,15-16,18-19,23H,11-14,17H2. The Hall–Kier alpha value is -3.31. The maximum Gasteiger partial charge on any atom is 0.159 e. The highest BCUT2D eigenvalue weighted by Crippen LogP contribution is 2.26. The molecule has 0 bridgehead atoms. The van der Waals surface area contributed by atoms with Crippen molar-refractivity contribution in [2.45, 2.75) is 25.4 Å². The van der Waals surface area contributed by atoms with Crippen molar-refractivity contribution in [1.82, 2.24) is 24.4 Å². The lowest BCUT2D eigenvalue weighted by molar-refractivity contribution is 0.179. The minimum Gasteiger partial charge on any atom is -0.334 e. The van der Waals surface area contributed by atoms with Gasteiger partial charge in [-0.2, -0.15) is 0 Å². The fourth-order valence-electron chi connectivity index (χ4n) is 4.10. The Bertz CT molecular complexity index is 1070. The average molecular weight is 396 g/mol. The molecule has 0 aliphatic carbocycles. The molecule has 0 atom stereocenters. The van der Waals surface area contributed by atoms with Crippen LogP contribution in [-0.2, 0) is 6.54 Å². The minimum atomic E-state index is 0.503. The van der Waals surface area contributed by atoms with Gasteiger partial charge in [-0.15, -0.1) is 0 Å². The van der Waals surface area contributed by atoms with Crippen LogP contribution in [0.2, 0.25) is 0 Å². The summed E-state index contributed by atoms with van der Waals surface area (Å²) < 4.78 is 2.26. The largest absolute Gasteiger partial charge is 0.334 e. The van der Waals surface area contributed by atoms with E-state index in [-0.39, 0.29) is 0 Å². The number of hydrogen-bond donors (Lipinski definition) is 0. The second kappa shape index (κ2) is 8.59. The number of benzene rings is 2. The van der Waals surface area contributed by atoms with Crippen molar-refractivity contribution in [1.29, 1.82) is 0 Å². The van der Waals surface area contributed by atoms with Crippen molar-refractivity contribution in [2.75, 3.05) is 13.1 Å². The van der Waals surface area contributed by atoms with E-state index in [0.717, 1.165) is 55.1 Å². The molecule has 0 spiro atoms. The molecular weight excluding hydrogens is 370 g/mol. The van der Waals surface area contributed by atoms with Crippen LogP contribution in [0.4, 0.5) is 0 Å². The van der Waals surface area contributed by atoms with Gasteiger partial charge in [0.2, 0.25) is 0 Å². The summed E-state index contributed by atoms with van der Waals surface area (Å²) >= 11 is 0. The van der Waals surface area contributed by atoms with Gasteiger partial charge in [-0.1, -0.05) is 60.7 Å². The van der Waals surface area contributed by atoms with Crippen molar-refractivity contribution >= 4 is 0 Å². The van der Waals surface area contributed by atoms with Crippen molar-refractivity contribution in [3.05, 3.63) is 91.1 Å². The normalized spacial score (nSPS) is 15.3. The van der Waals surface area contributed by atoms with E-state index in [1.54, 1.807) is 0 Å². The van der Waals surface area contributed by atoms with Crippen LogP contribution in [0, 0.1) is 0 Å². The van der Waals surface area contributed by atoms with E-state index in [0.29, 0.717) is 6.04 Å². The van der Waals surface area contributed by atoms with Crippen LogP contribution >= 0.6 is 0 Å². The van der Waals surface area contributed by atoms with Crippen LogP contribution in [0.1, 0.15) is 24.4 Å². The molecule has 3 heterocycles. The van der Waals surface area contributed by atoms with E-state index >= 15 is 0 Å². The van der Waals surface area contributed by atoms with Gasteiger partial charge in [0.25, 0.3) is 0 Å². The highest BCUT2D eigenvalue weighted by Gasteiger charge is 2.21. The van der Waals surface area contributed by atoms with Crippen molar-refractivity contribution < 1.29 is 0 Å². The SMILES string of the molecule is c1ccc(CN2CCC(n3cnc(-c4cnc(-c5ccccc5)nc4)c3)CC2)cc1. The Balaban J connectivity index is 1.22. The fraction of sp³-hybridized carbons (Fsp3) is 0.240. The van der Waals surface area contributed by atoms with Crippen molar-refractivity contribution in [3.8, 4) is 22.6 Å². The summed E-state index contributed by atoms with van der Waals surface area (Å²) in [4.78, 5) is 16.2. The molecule has 0 saturated carbocycles. The predicted octanol–water partition coefficient (Wildman–Crippen LogP) is 4.84. The van der Waals surface area contributed by atoms with E-state index in [1.807, 2.05) is 49.1 Å². The monoisotopic (exact) mass is 395 g/mol. The summed E-state index contributed by atoms with van der Waals surface area (Å²) in [5.74, 6) is 0.740. The topological polar surface area (TPSA) is 46.8 Å². The summed E-state index contributed by atoms with van der Waals surface area (Å²) in [5.41, 5.74) is 4.30. The molecule has 1 fully saturated rings. The first kappa shape index (κ1) is 18.7. The zero-order valence-corrected chi connectivity index (χ0v) is 16.9. The van der Waals surface area contributed by atoms with E-state index in [1.165, 1.54) is 5.56 Å². The van der Waals surface area contributed by atoms with Gasteiger partial charge < -0.3 is 4.57 Å². The van der Waals surface area contributed by atoms with Crippen LogP contribution in [0.15, 0.2) is 85.6 Å². The molecular formula is C25H25N5. The number of likely N-dealkylation sites (tertiary alicyclic amines) is 1. The third kappa shape index (κ3) is 4.16. The van der Waals surface area contributed by atoms with Crippen LogP contribution in [0.5, 0.6) is 0 Å². The predicted molar refractivity (Wildman–Crippen MR) is 119 cm³/mol. The lowest BCUT2D eigenvalue weighted by Gasteiger charge is -2.32. The molecule has 1 saturated heterocycles. The molecule has 5 rings (SSSR count). The molecule has 2 aromatic heterocycles. The molecule has 30 heavy (non-hydrogen) atoms. The molecule has 2 aromatic carbocycles. The number of hydrogen-bond acceptors (Lipinski definition) is 4. The Morgan fingerprint density at radius 1 is 0.767 bits per heavy atom. The lowest BCUT2D eigenvalue weighted by Crippen LogP contribution is -2.33. The molecule has 4 aromatic rings. The first-order chi connectivity index (χ1) is 14.8. The Kier molecular flexibility index (Phi) is 5.36. The number of piperidine rings is 1. The van der Waals surface area contributed by atoms with Crippen molar-refractivity contribution in [2.24, 2.45) is 0 Å². The third-order valence-electron chi connectivity index (χ3n) is 5.81. The van der Waals surface area contributed by atoms with E-state index < -0.39 is 0 Å². The third-order valence-corrected chi connectivity index (χ3v) is 5.81. The summed E-state index contributed by atoms with van der Waals surface area (Å²) in [7, 11) is 0. The van der Waals surface area contributed by atoms with Gasteiger partial charge in [0, 0.05) is 55.4 Å². The van der Waals surface area contributed by atoms with E-state index in [9.17, 15) is 0 Å². The van der Waals surface area contributed by atoms with Gasteiger partial charge in [-0.3, -0.25) is 4.90 Å².